The van der Waals surface area contributed by atoms with Gasteiger partial charge in [0.25, 0.3) is 11.5 Å². The maximum absolute atomic E-state index is 12.3. The molecule has 0 aliphatic carbocycles. The summed E-state index contributed by atoms with van der Waals surface area (Å²) in [6, 6.07) is 4.61. The van der Waals surface area contributed by atoms with E-state index >= 15 is 0 Å². The number of hydrogen-bond acceptors (Lipinski definition) is 9. The third-order valence-corrected chi connectivity index (χ3v) is 5.15. The van der Waals surface area contributed by atoms with Crippen LogP contribution in [0.3, 0.4) is 0 Å². The van der Waals surface area contributed by atoms with Gasteiger partial charge in [-0.3, -0.25) is 24.8 Å². The van der Waals surface area contributed by atoms with E-state index in [2.05, 4.69) is 25.9 Å². The minimum atomic E-state index is -1.32. The topological polar surface area (TPSA) is 227 Å². The first-order chi connectivity index (χ1) is 16.2. The van der Waals surface area contributed by atoms with Crippen molar-refractivity contribution in [2.75, 3.05) is 34.4 Å². The highest BCUT2D eigenvalue weighted by Gasteiger charge is 2.29. The first-order valence-corrected chi connectivity index (χ1v) is 10.2. The first kappa shape index (κ1) is 24.0. The molecule has 34 heavy (non-hydrogen) atoms. The summed E-state index contributed by atoms with van der Waals surface area (Å²) in [5, 5.41) is 34.1. The molecule has 0 bridgehead atoms. The van der Waals surface area contributed by atoms with Gasteiger partial charge >= 0.3 is 11.9 Å². The summed E-state index contributed by atoms with van der Waals surface area (Å²) in [5.41, 5.74) is 6.14. The summed E-state index contributed by atoms with van der Waals surface area (Å²) in [6.07, 6.45) is 0.418. The molecule has 0 saturated carbocycles. The molecule has 14 nitrogen and oxygen atoms in total. The van der Waals surface area contributed by atoms with Crippen LogP contribution < -0.4 is 32.1 Å². The number of carboxylic acid groups (broad SMARTS) is 2. The summed E-state index contributed by atoms with van der Waals surface area (Å²) < 4.78 is 0. The van der Waals surface area contributed by atoms with Crippen molar-refractivity contribution < 1.29 is 24.6 Å². The highest BCUT2D eigenvalue weighted by Crippen LogP contribution is 2.25. The van der Waals surface area contributed by atoms with Gasteiger partial charge in [0.2, 0.25) is 5.95 Å². The second kappa shape index (κ2) is 10.3. The number of benzene rings is 1. The normalized spacial score (nSPS) is 15.4. The summed E-state index contributed by atoms with van der Waals surface area (Å²) in [7, 11) is 0. The second-order valence-electron chi connectivity index (χ2n) is 7.47. The molecule has 0 radical (unpaired) electrons. The van der Waals surface area contributed by atoms with Crippen LogP contribution in [-0.4, -0.2) is 69.5 Å². The van der Waals surface area contributed by atoms with Gasteiger partial charge in [0.15, 0.2) is 11.5 Å². The van der Waals surface area contributed by atoms with Crippen molar-refractivity contribution in [2.45, 2.75) is 24.9 Å². The van der Waals surface area contributed by atoms with Gasteiger partial charge in [0.1, 0.15) is 6.04 Å². The lowest BCUT2D eigenvalue weighted by molar-refractivity contribution is -0.140. The molecule has 1 aromatic heterocycles. The van der Waals surface area contributed by atoms with Gasteiger partial charge in [-0.1, -0.05) is 0 Å². The Bertz CT molecular complexity index is 1150. The van der Waals surface area contributed by atoms with Crippen LogP contribution in [0.1, 0.15) is 23.2 Å². The summed E-state index contributed by atoms with van der Waals surface area (Å²) in [5.74, 6) is -2.85. The number of fused-ring (bicyclic) bond motifs is 1. The molecule has 9 N–H and O–H groups in total. The van der Waals surface area contributed by atoms with Crippen LogP contribution in [0.4, 0.5) is 23.1 Å². The standard InChI is InChI=1S/C20H24N8O6/c21-9-28-12(8-24-16-15(28)18(32)27-20(22)26-16)7-23-11-3-1-10(2-4-11)17(31)25-13(19(33)34)5-6-14(29)30/h1-4,9,12-13,21,23H,5-8H2,(H,25,31)(H,29,30)(H,33,34)(H4,22,24,26,27,32). The van der Waals surface area contributed by atoms with E-state index in [1.54, 1.807) is 12.1 Å². The van der Waals surface area contributed by atoms with E-state index in [0.717, 1.165) is 6.34 Å². The van der Waals surface area contributed by atoms with E-state index in [1.165, 1.54) is 17.0 Å². The number of aromatic amines is 1. The van der Waals surface area contributed by atoms with Gasteiger partial charge in [0, 0.05) is 30.8 Å². The maximum Gasteiger partial charge on any atom is 0.326 e. The van der Waals surface area contributed by atoms with Crippen LogP contribution in [0.5, 0.6) is 0 Å². The molecule has 0 saturated heterocycles. The number of carboxylic acids is 2. The lowest BCUT2D eigenvalue weighted by Crippen LogP contribution is -2.49. The van der Waals surface area contributed by atoms with Crippen molar-refractivity contribution >= 4 is 47.3 Å². The van der Waals surface area contributed by atoms with Crippen LogP contribution in [0.25, 0.3) is 0 Å². The van der Waals surface area contributed by atoms with Crippen molar-refractivity contribution in [1.82, 2.24) is 15.3 Å². The predicted molar refractivity (Wildman–Crippen MR) is 124 cm³/mol. The smallest absolute Gasteiger partial charge is 0.326 e. The molecule has 180 valence electrons. The number of aliphatic carboxylic acids is 2. The van der Waals surface area contributed by atoms with E-state index in [1.807, 2.05) is 0 Å². The number of nitrogen functional groups attached to an aromatic ring is 1. The monoisotopic (exact) mass is 472 g/mol. The number of rotatable bonds is 10. The van der Waals surface area contributed by atoms with Gasteiger partial charge in [-0.15, -0.1) is 0 Å². The van der Waals surface area contributed by atoms with Gasteiger partial charge in [-0.25, -0.2) is 4.79 Å². The Morgan fingerprint density at radius 2 is 2.00 bits per heavy atom. The zero-order valence-electron chi connectivity index (χ0n) is 17.9. The number of nitrogens with one attached hydrogen (secondary N) is 5. The zero-order chi connectivity index (χ0) is 24.8. The summed E-state index contributed by atoms with van der Waals surface area (Å²) >= 11 is 0. The number of nitrogens with zero attached hydrogens (tertiary/aromatic N) is 2. The van der Waals surface area contributed by atoms with E-state index in [0.29, 0.717) is 24.6 Å². The number of aromatic nitrogens is 2. The van der Waals surface area contributed by atoms with Crippen LogP contribution >= 0.6 is 0 Å². The molecule has 2 atom stereocenters. The predicted octanol–water partition coefficient (Wildman–Crippen LogP) is -0.280. The fraction of sp³-hybridized carbons (Fsp3) is 0.300. The lowest BCUT2D eigenvalue weighted by Gasteiger charge is -2.35. The second-order valence-corrected chi connectivity index (χ2v) is 7.47. The largest absolute Gasteiger partial charge is 0.481 e. The Labute approximate surface area is 192 Å². The molecular formula is C20H24N8O6. The zero-order valence-corrected chi connectivity index (χ0v) is 17.9. The average molecular weight is 472 g/mol. The molecule has 0 spiro atoms. The molecule has 0 fully saturated rings. The number of nitrogens with two attached hydrogens (primary N) is 1. The molecule has 2 heterocycles. The molecule has 1 aromatic carbocycles. The van der Waals surface area contributed by atoms with Crippen molar-refractivity contribution in [2.24, 2.45) is 0 Å². The van der Waals surface area contributed by atoms with Gasteiger partial charge in [-0.2, -0.15) is 4.98 Å². The van der Waals surface area contributed by atoms with E-state index in [9.17, 15) is 24.3 Å². The Kier molecular flexibility index (Phi) is 7.30. The summed E-state index contributed by atoms with van der Waals surface area (Å²) in [4.78, 5) is 54.5. The van der Waals surface area contributed by atoms with E-state index in [4.69, 9.17) is 16.2 Å². The van der Waals surface area contributed by atoms with Crippen LogP contribution in [0.2, 0.25) is 0 Å². The fourth-order valence-electron chi connectivity index (χ4n) is 3.42. The minimum Gasteiger partial charge on any atom is -0.481 e. The van der Waals surface area contributed by atoms with E-state index < -0.39 is 29.4 Å². The fourth-order valence-corrected chi connectivity index (χ4v) is 3.42. The average Bonchev–Trinajstić information content (AvgIpc) is 2.79. The summed E-state index contributed by atoms with van der Waals surface area (Å²) in [6.45, 7) is 0.728. The molecule has 2 unspecified atom stereocenters. The third kappa shape index (κ3) is 5.59. The highest BCUT2D eigenvalue weighted by molar-refractivity contribution is 5.97. The SMILES string of the molecule is N=CN1c2c(nc(N)[nH]c2=O)NCC1CNc1ccc(C(=O)NC(CCC(=O)O)C(=O)O)cc1. The molecule has 1 amide bonds. The van der Waals surface area contributed by atoms with Crippen molar-refractivity contribution in [3.63, 3.8) is 0 Å². The molecule has 3 rings (SSSR count). The Balaban J connectivity index is 1.62. The maximum atomic E-state index is 12.3. The number of amides is 1. The third-order valence-electron chi connectivity index (χ3n) is 5.15. The lowest BCUT2D eigenvalue weighted by atomic mass is 10.1. The van der Waals surface area contributed by atoms with Crippen molar-refractivity contribution in [1.29, 1.82) is 5.41 Å². The van der Waals surface area contributed by atoms with E-state index in [-0.39, 0.29) is 36.1 Å². The quantitative estimate of drug-likeness (QED) is 0.166. The molecule has 1 aliphatic heterocycles. The van der Waals surface area contributed by atoms with Crippen LogP contribution in [-0.2, 0) is 9.59 Å². The number of carbonyl (C=O) groups excluding carboxylic acids is 1. The molecular weight excluding hydrogens is 448 g/mol. The Morgan fingerprint density at radius 3 is 2.62 bits per heavy atom. The van der Waals surface area contributed by atoms with Crippen LogP contribution in [0.15, 0.2) is 29.1 Å². The first-order valence-electron chi connectivity index (χ1n) is 10.2. The molecule has 1 aliphatic rings. The number of anilines is 4. The molecule has 14 heteroatoms. The van der Waals surface area contributed by atoms with Gasteiger partial charge < -0.3 is 36.8 Å². The number of hydrogen-bond donors (Lipinski definition) is 8. The highest BCUT2D eigenvalue weighted by atomic mass is 16.4. The molecule has 2 aromatic rings. The van der Waals surface area contributed by atoms with Crippen molar-refractivity contribution in [3.8, 4) is 0 Å². The number of H-pyrrole nitrogens is 1. The minimum absolute atomic E-state index is 0.0292. The Morgan fingerprint density at radius 1 is 1.29 bits per heavy atom. The number of carbonyl (C=O) groups is 3. The van der Waals surface area contributed by atoms with Crippen molar-refractivity contribution in [3.05, 3.63) is 40.2 Å². The van der Waals surface area contributed by atoms with Gasteiger partial charge in [0.05, 0.1) is 12.4 Å². The van der Waals surface area contributed by atoms with Crippen LogP contribution in [0, 0.1) is 5.41 Å². The van der Waals surface area contributed by atoms with Gasteiger partial charge in [-0.05, 0) is 30.7 Å². The Hall–Kier alpha value is -4.62.